The van der Waals surface area contributed by atoms with Crippen LogP contribution < -0.4 is 0 Å². The predicted octanol–water partition coefficient (Wildman–Crippen LogP) is 1.90. The van der Waals surface area contributed by atoms with Gasteiger partial charge in [-0.1, -0.05) is 30.3 Å². The minimum atomic E-state index is -1.00. The fourth-order valence-electron chi connectivity index (χ4n) is 2.45. The van der Waals surface area contributed by atoms with Gasteiger partial charge in [0.25, 0.3) is 5.79 Å². The maximum Gasteiger partial charge on any atom is 0.251 e. The van der Waals surface area contributed by atoms with Crippen LogP contribution in [-0.4, -0.2) is 33.7 Å². The first-order valence-corrected chi connectivity index (χ1v) is 5.59. The molecule has 1 heterocycles. The van der Waals surface area contributed by atoms with Crippen molar-refractivity contribution < 1.29 is 18.9 Å². The lowest BCUT2D eigenvalue weighted by Crippen LogP contribution is -2.52. The summed E-state index contributed by atoms with van der Waals surface area (Å²) in [5, 5.41) is 0. The third-order valence-electron chi connectivity index (χ3n) is 3.34. The minimum Gasteiger partial charge on any atom is -0.348 e. The van der Waals surface area contributed by atoms with Gasteiger partial charge in [0, 0.05) is 33.3 Å². The highest BCUT2D eigenvalue weighted by molar-refractivity contribution is 5.24. The zero-order valence-electron chi connectivity index (χ0n) is 10.4. The number of methoxy groups -OCH3 is 3. The molecule has 0 aromatic heterocycles. The van der Waals surface area contributed by atoms with Gasteiger partial charge in [-0.05, 0) is 0 Å². The van der Waals surface area contributed by atoms with E-state index in [1.165, 1.54) is 0 Å². The number of hydrogen-bond donors (Lipinski definition) is 0. The Morgan fingerprint density at radius 1 is 1.00 bits per heavy atom. The van der Waals surface area contributed by atoms with E-state index < -0.39 is 11.6 Å². The molecule has 1 aromatic carbocycles. The fourth-order valence-corrected chi connectivity index (χ4v) is 2.45. The zero-order valence-corrected chi connectivity index (χ0v) is 10.4. The highest BCUT2D eigenvalue weighted by Crippen LogP contribution is 2.47. The smallest absolute Gasteiger partial charge is 0.251 e. The van der Waals surface area contributed by atoms with Crippen LogP contribution in [0.3, 0.4) is 0 Å². The molecule has 1 fully saturated rings. The van der Waals surface area contributed by atoms with E-state index in [1.54, 1.807) is 21.3 Å². The Bertz CT molecular complexity index is 361. The molecule has 0 saturated carbocycles. The summed E-state index contributed by atoms with van der Waals surface area (Å²) in [6, 6.07) is 9.72. The van der Waals surface area contributed by atoms with Gasteiger partial charge in [-0.3, -0.25) is 0 Å². The minimum absolute atomic E-state index is 0.532. The summed E-state index contributed by atoms with van der Waals surface area (Å²) in [6.07, 6.45) is 0.628. The van der Waals surface area contributed by atoms with E-state index in [-0.39, 0.29) is 0 Å². The summed E-state index contributed by atoms with van der Waals surface area (Å²) in [4.78, 5) is 0. The van der Waals surface area contributed by atoms with Crippen LogP contribution in [0.5, 0.6) is 0 Å². The van der Waals surface area contributed by atoms with Crippen LogP contribution in [0.15, 0.2) is 30.3 Å². The van der Waals surface area contributed by atoms with Crippen LogP contribution >= 0.6 is 0 Å². The summed E-state index contributed by atoms with van der Waals surface area (Å²) >= 11 is 0. The Balaban J connectivity index is 2.50. The van der Waals surface area contributed by atoms with Gasteiger partial charge in [0.05, 0.1) is 6.61 Å². The number of hydrogen-bond acceptors (Lipinski definition) is 4. The van der Waals surface area contributed by atoms with Crippen LogP contribution in [0, 0.1) is 0 Å². The third kappa shape index (κ3) is 1.68. The molecule has 0 amide bonds. The van der Waals surface area contributed by atoms with E-state index >= 15 is 0 Å². The van der Waals surface area contributed by atoms with Crippen molar-refractivity contribution in [2.24, 2.45) is 0 Å². The van der Waals surface area contributed by atoms with Crippen LogP contribution in [0.4, 0.5) is 0 Å². The van der Waals surface area contributed by atoms with Gasteiger partial charge in [0.2, 0.25) is 5.79 Å². The lowest BCUT2D eigenvalue weighted by atomic mass is 9.96. The van der Waals surface area contributed by atoms with Crippen molar-refractivity contribution in [1.82, 2.24) is 0 Å². The maximum atomic E-state index is 5.80. The Labute approximate surface area is 101 Å². The lowest BCUT2D eigenvalue weighted by Gasteiger charge is -2.40. The molecule has 94 valence electrons. The first-order valence-electron chi connectivity index (χ1n) is 5.59. The van der Waals surface area contributed by atoms with Crippen molar-refractivity contribution in [3.05, 3.63) is 35.9 Å². The van der Waals surface area contributed by atoms with E-state index in [9.17, 15) is 0 Å². The Hall–Kier alpha value is -0.940. The standard InChI is InChI=1S/C13H18O4/c1-14-12(15-2)9-10-17-13(12,16-3)11-7-5-4-6-8-11/h4-8H,9-10H2,1-3H3. The highest BCUT2D eigenvalue weighted by atomic mass is 16.8. The van der Waals surface area contributed by atoms with Crippen molar-refractivity contribution in [1.29, 1.82) is 0 Å². The van der Waals surface area contributed by atoms with Crippen molar-refractivity contribution in [2.45, 2.75) is 18.0 Å². The lowest BCUT2D eigenvalue weighted by molar-refractivity contribution is -0.364. The molecular weight excluding hydrogens is 220 g/mol. The first-order chi connectivity index (χ1) is 8.24. The molecule has 1 saturated heterocycles. The van der Waals surface area contributed by atoms with Gasteiger partial charge in [0.1, 0.15) is 0 Å². The molecule has 2 rings (SSSR count). The first kappa shape index (κ1) is 12.5. The quantitative estimate of drug-likeness (QED) is 0.751. The number of benzene rings is 1. The molecule has 0 spiro atoms. The third-order valence-corrected chi connectivity index (χ3v) is 3.34. The van der Waals surface area contributed by atoms with Crippen molar-refractivity contribution in [3.63, 3.8) is 0 Å². The number of rotatable bonds is 4. The van der Waals surface area contributed by atoms with E-state index in [0.717, 1.165) is 5.56 Å². The van der Waals surface area contributed by atoms with Gasteiger partial charge < -0.3 is 18.9 Å². The van der Waals surface area contributed by atoms with Crippen LogP contribution in [-0.2, 0) is 24.7 Å². The Kier molecular flexibility index (Phi) is 3.49. The van der Waals surface area contributed by atoms with Crippen molar-refractivity contribution in [3.8, 4) is 0 Å². The second kappa shape index (κ2) is 4.74. The molecule has 0 aliphatic carbocycles. The molecule has 1 aliphatic heterocycles. The molecular formula is C13H18O4. The zero-order chi connectivity index (χ0) is 12.4. The second-order valence-electron chi connectivity index (χ2n) is 3.95. The van der Waals surface area contributed by atoms with Crippen molar-refractivity contribution >= 4 is 0 Å². The summed E-state index contributed by atoms with van der Waals surface area (Å²) in [7, 11) is 4.81. The normalized spacial score (nSPS) is 27.2. The molecule has 1 aliphatic rings. The molecule has 1 unspecified atom stereocenters. The van der Waals surface area contributed by atoms with E-state index in [2.05, 4.69) is 0 Å². The summed E-state index contributed by atoms with van der Waals surface area (Å²) < 4.78 is 22.5. The summed E-state index contributed by atoms with van der Waals surface area (Å²) in [5.74, 6) is -1.90. The molecule has 17 heavy (non-hydrogen) atoms. The molecule has 1 atom stereocenters. The molecule has 0 radical (unpaired) electrons. The SMILES string of the molecule is COC1(OC)CCOC1(OC)c1ccccc1. The Morgan fingerprint density at radius 2 is 1.65 bits per heavy atom. The predicted molar refractivity (Wildman–Crippen MR) is 62.4 cm³/mol. The van der Waals surface area contributed by atoms with Gasteiger partial charge in [-0.15, -0.1) is 0 Å². The number of ether oxygens (including phenoxy) is 4. The van der Waals surface area contributed by atoms with Crippen molar-refractivity contribution in [2.75, 3.05) is 27.9 Å². The average Bonchev–Trinajstić information content (AvgIpc) is 2.79. The largest absolute Gasteiger partial charge is 0.348 e. The van der Waals surface area contributed by atoms with Gasteiger partial charge >= 0.3 is 0 Å². The van der Waals surface area contributed by atoms with E-state index in [0.29, 0.717) is 13.0 Å². The average molecular weight is 238 g/mol. The molecule has 4 heteroatoms. The van der Waals surface area contributed by atoms with Crippen LogP contribution in [0.2, 0.25) is 0 Å². The topological polar surface area (TPSA) is 36.9 Å². The second-order valence-corrected chi connectivity index (χ2v) is 3.95. The van der Waals surface area contributed by atoms with Crippen LogP contribution in [0.1, 0.15) is 12.0 Å². The van der Waals surface area contributed by atoms with Gasteiger partial charge in [-0.25, -0.2) is 0 Å². The van der Waals surface area contributed by atoms with Gasteiger partial charge in [-0.2, -0.15) is 0 Å². The molecule has 0 N–H and O–H groups in total. The molecule has 0 bridgehead atoms. The monoisotopic (exact) mass is 238 g/mol. The van der Waals surface area contributed by atoms with E-state index in [1.807, 2.05) is 30.3 Å². The fraction of sp³-hybridized carbons (Fsp3) is 0.538. The van der Waals surface area contributed by atoms with Gasteiger partial charge in [0.15, 0.2) is 0 Å². The molecule has 4 nitrogen and oxygen atoms in total. The highest BCUT2D eigenvalue weighted by Gasteiger charge is 2.60. The summed E-state index contributed by atoms with van der Waals surface area (Å²) in [6.45, 7) is 0.532. The maximum absolute atomic E-state index is 5.80. The summed E-state index contributed by atoms with van der Waals surface area (Å²) in [5.41, 5.74) is 0.892. The molecule has 1 aromatic rings. The Morgan fingerprint density at radius 3 is 2.18 bits per heavy atom. The van der Waals surface area contributed by atoms with E-state index in [4.69, 9.17) is 18.9 Å². The van der Waals surface area contributed by atoms with Crippen LogP contribution in [0.25, 0.3) is 0 Å².